The van der Waals surface area contributed by atoms with Gasteiger partial charge in [-0.15, -0.1) is 0 Å². The summed E-state index contributed by atoms with van der Waals surface area (Å²) in [5.41, 5.74) is 2.91. The minimum absolute atomic E-state index is 0.229. The number of rotatable bonds is 6. The van der Waals surface area contributed by atoms with Gasteiger partial charge in [0.1, 0.15) is 0 Å². The van der Waals surface area contributed by atoms with Crippen molar-refractivity contribution in [2.75, 3.05) is 46.3 Å². The zero-order chi connectivity index (χ0) is 19.2. The normalized spacial score (nSPS) is 22.4. The van der Waals surface area contributed by atoms with Crippen molar-refractivity contribution >= 4 is 5.91 Å². The molecule has 1 aromatic carbocycles. The molecule has 2 saturated heterocycles. The number of aryl methyl sites for hydroxylation is 1. The lowest BCUT2D eigenvalue weighted by Crippen LogP contribution is -2.48. The van der Waals surface area contributed by atoms with E-state index in [0.29, 0.717) is 6.04 Å². The number of nitrogens with zero attached hydrogens (tertiary/aromatic N) is 3. The number of piperidine rings is 2. The highest BCUT2D eigenvalue weighted by atomic mass is 16.2. The SMILES string of the molecule is CC(=O)N1CCC(N(C)C[C@@H]2CCCN(CCc3ccccc3C)C2)CC1. The van der Waals surface area contributed by atoms with E-state index in [4.69, 9.17) is 0 Å². The predicted octanol–water partition coefficient (Wildman–Crippen LogP) is 3.19. The highest BCUT2D eigenvalue weighted by molar-refractivity contribution is 5.73. The third kappa shape index (κ3) is 5.79. The first-order valence-corrected chi connectivity index (χ1v) is 10.8. The van der Waals surface area contributed by atoms with E-state index in [1.54, 1.807) is 6.92 Å². The second kappa shape index (κ2) is 9.70. The van der Waals surface area contributed by atoms with E-state index in [2.05, 4.69) is 48.0 Å². The van der Waals surface area contributed by atoms with Crippen molar-refractivity contribution in [2.24, 2.45) is 5.92 Å². The van der Waals surface area contributed by atoms with Crippen LogP contribution in [0.2, 0.25) is 0 Å². The zero-order valence-corrected chi connectivity index (χ0v) is 17.5. The van der Waals surface area contributed by atoms with Crippen LogP contribution in [-0.4, -0.2) is 73.0 Å². The van der Waals surface area contributed by atoms with Gasteiger partial charge < -0.3 is 14.7 Å². The third-order valence-electron chi connectivity index (χ3n) is 6.64. The van der Waals surface area contributed by atoms with Crippen LogP contribution in [0.15, 0.2) is 24.3 Å². The maximum Gasteiger partial charge on any atom is 0.219 e. The fourth-order valence-corrected chi connectivity index (χ4v) is 4.85. The second-order valence-electron chi connectivity index (χ2n) is 8.66. The van der Waals surface area contributed by atoms with Gasteiger partial charge in [0.25, 0.3) is 0 Å². The molecule has 0 radical (unpaired) electrons. The van der Waals surface area contributed by atoms with Crippen molar-refractivity contribution in [3.8, 4) is 0 Å². The topological polar surface area (TPSA) is 26.8 Å². The summed E-state index contributed by atoms with van der Waals surface area (Å²) in [5.74, 6) is 1.01. The van der Waals surface area contributed by atoms with E-state index in [1.807, 2.05) is 4.90 Å². The quantitative estimate of drug-likeness (QED) is 0.768. The lowest BCUT2D eigenvalue weighted by Gasteiger charge is -2.40. The number of carbonyl (C=O) groups excluding carboxylic acids is 1. The molecular weight excluding hydrogens is 334 g/mol. The highest BCUT2D eigenvalue weighted by Gasteiger charge is 2.27. The van der Waals surface area contributed by atoms with Crippen LogP contribution >= 0.6 is 0 Å². The number of hydrogen-bond donors (Lipinski definition) is 0. The lowest BCUT2D eigenvalue weighted by atomic mass is 9.95. The molecule has 0 aliphatic carbocycles. The molecule has 0 spiro atoms. The van der Waals surface area contributed by atoms with Crippen LogP contribution in [0, 0.1) is 12.8 Å². The molecule has 3 rings (SSSR count). The highest BCUT2D eigenvalue weighted by Crippen LogP contribution is 2.22. The van der Waals surface area contributed by atoms with E-state index >= 15 is 0 Å². The van der Waals surface area contributed by atoms with E-state index < -0.39 is 0 Å². The Kier molecular flexibility index (Phi) is 7.31. The molecule has 0 N–H and O–H groups in total. The van der Waals surface area contributed by atoms with Crippen LogP contribution < -0.4 is 0 Å². The summed E-state index contributed by atoms with van der Waals surface area (Å²) in [6.07, 6.45) is 6.10. The zero-order valence-electron chi connectivity index (χ0n) is 17.5. The Morgan fingerprint density at radius 3 is 2.59 bits per heavy atom. The average Bonchev–Trinajstić information content (AvgIpc) is 2.68. The molecule has 2 fully saturated rings. The molecule has 0 saturated carbocycles. The largest absolute Gasteiger partial charge is 0.343 e. The molecule has 2 heterocycles. The molecule has 150 valence electrons. The number of carbonyl (C=O) groups is 1. The van der Waals surface area contributed by atoms with Crippen LogP contribution in [0.4, 0.5) is 0 Å². The summed E-state index contributed by atoms with van der Waals surface area (Å²) >= 11 is 0. The smallest absolute Gasteiger partial charge is 0.219 e. The van der Waals surface area contributed by atoms with Crippen molar-refractivity contribution < 1.29 is 4.79 Å². The van der Waals surface area contributed by atoms with Crippen molar-refractivity contribution in [2.45, 2.75) is 52.0 Å². The van der Waals surface area contributed by atoms with Gasteiger partial charge >= 0.3 is 0 Å². The molecular formula is C23H37N3O. The Hall–Kier alpha value is -1.39. The molecule has 0 unspecified atom stereocenters. The van der Waals surface area contributed by atoms with Gasteiger partial charge in [-0.25, -0.2) is 0 Å². The summed E-state index contributed by atoms with van der Waals surface area (Å²) in [5, 5.41) is 0. The van der Waals surface area contributed by atoms with Gasteiger partial charge in [0, 0.05) is 45.7 Å². The lowest BCUT2D eigenvalue weighted by molar-refractivity contribution is -0.130. The molecule has 27 heavy (non-hydrogen) atoms. The first-order valence-electron chi connectivity index (χ1n) is 10.8. The number of likely N-dealkylation sites (tertiary alicyclic amines) is 2. The number of benzene rings is 1. The van der Waals surface area contributed by atoms with Crippen LogP contribution in [-0.2, 0) is 11.2 Å². The van der Waals surface area contributed by atoms with Crippen LogP contribution in [0.1, 0.15) is 43.7 Å². The Bertz CT molecular complexity index is 609. The first kappa shape index (κ1) is 20.3. The van der Waals surface area contributed by atoms with E-state index in [1.165, 1.54) is 56.6 Å². The number of amides is 1. The van der Waals surface area contributed by atoms with Gasteiger partial charge in [-0.2, -0.15) is 0 Å². The summed E-state index contributed by atoms with van der Waals surface area (Å²) in [6, 6.07) is 9.43. The fourth-order valence-electron chi connectivity index (χ4n) is 4.85. The van der Waals surface area contributed by atoms with E-state index in [9.17, 15) is 4.79 Å². The van der Waals surface area contributed by atoms with Crippen LogP contribution in [0.25, 0.3) is 0 Å². The fraction of sp³-hybridized carbons (Fsp3) is 0.696. The van der Waals surface area contributed by atoms with Crippen molar-refractivity contribution in [1.82, 2.24) is 14.7 Å². The summed E-state index contributed by atoms with van der Waals surface area (Å²) in [7, 11) is 2.29. The maximum atomic E-state index is 11.5. The average molecular weight is 372 g/mol. The van der Waals surface area contributed by atoms with E-state index in [-0.39, 0.29) is 5.91 Å². The van der Waals surface area contributed by atoms with E-state index in [0.717, 1.165) is 31.8 Å². The van der Waals surface area contributed by atoms with Crippen LogP contribution in [0.5, 0.6) is 0 Å². The van der Waals surface area contributed by atoms with Gasteiger partial charge in [-0.05, 0) is 69.7 Å². The summed E-state index contributed by atoms with van der Waals surface area (Å²) in [6.45, 7) is 10.6. The van der Waals surface area contributed by atoms with Crippen molar-refractivity contribution in [3.05, 3.63) is 35.4 Å². The van der Waals surface area contributed by atoms with Gasteiger partial charge in [0.05, 0.1) is 0 Å². The predicted molar refractivity (Wildman–Crippen MR) is 112 cm³/mol. The van der Waals surface area contributed by atoms with Crippen LogP contribution in [0.3, 0.4) is 0 Å². The van der Waals surface area contributed by atoms with Gasteiger partial charge in [0.2, 0.25) is 5.91 Å². The first-order chi connectivity index (χ1) is 13.0. The molecule has 2 aliphatic heterocycles. The summed E-state index contributed by atoms with van der Waals surface area (Å²) < 4.78 is 0. The van der Waals surface area contributed by atoms with Crippen molar-refractivity contribution in [3.63, 3.8) is 0 Å². The maximum absolute atomic E-state index is 11.5. The minimum atomic E-state index is 0.229. The molecule has 1 atom stereocenters. The van der Waals surface area contributed by atoms with Gasteiger partial charge in [-0.1, -0.05) is 24.3 Å². The van der Waals surface area contributed by atoms with Gasteiger partial charge in [0.15, 0.2) is 0 Å². The standard InChI is InChI=1S/C23H37N3O/c1-19-7-4-5-9-22(19)10-14-25-13-6-8-21(18-25)17-24(3)23-11-15-26(16-12-23)20(2)27/h4-5,7,9,21,23H,6,8,10-18H2,1-3H3/t21-/m0/s1. The molecule has 1 amide bonds. The Morgan fingerprint density at radius 1 is 1.15 bits per heavy atom. The van der Waals surface area contributed by atoms with Gasteiger partial charge in [-0.3, -0.25) is 4.79 Å². The molecule has 2 aliphatic rings. The Balaban J connectivity index is 1.43. The van der Waals surface area contributed by atoms with Crippen molar-refractivity contribution in [1.29, 1.82) is 0 Å². The Labute approximate surface area is 165 Å². The third-order valence-corrected chi connectivity index (χ3v) is 6.64. The Morgan fingerprint density at radius 2 is 1.89 bits per heavy atom. The second-order valence-corrected chi connectivity index (χ2v) is 8.66. The monoisotopic (exact) mass is 371 g/mol. The molecule has 1 aromatic rings. The number of hydrogen-bond acceptors (Lipinski definition) is 3. The molecule has 0 bridgehead atoms. The molecule has 4 heteroatoms. The molecule has 4 nitrogen and oxygen atoms in total. The minimum Gasteiger partial charge on any atom is -0.343 e. The molecule has 0 aromatic heterocycles. The summed E-state index contributed by atoms with van der Waals surface area (Å²) in [4.78, 5) is 18.8.